The molecule has 2 aromatic heterocycles. The van der Waals surface area contributed by atoms with E-state index >= 15 is 0 Å². The Labute approximate surface area is 93.6 Å². The van der Waals surface area contributed by atoms with E-state index in [9.17, 15) is 8.68 Å². The van der Waals surface area contributed by atoms with Gasteiger partial charge in [-0.1, -0.05) is 11.6 Å². The van der Waals surface area contributed by atoms with E-state index in [0.717, 1.165) is 0 Å². The second-order valence-electron chi connectivity index (χ2n) is 2.80. The van der Waals surface area contributed by atoms with Crippen molar-refractivity contribution in [3.8, 4) is 0 Å². The molecule has 0 aromatic carbocycles. The van der Waals surface area contributed by atoms with Crippen LogP contribution in [0.3, 0.4) is 0 Å². The van der Waals surface area contributed by atoms with Crippen LogP contribution in [0.15, 0.2) is 18.5 Å². The second kappa shape index (κ2) is 3.71. The molecule has 4 nitrogen and oxygen atoms in total. The Morgan fingerprint density at radius 3 is 3.00 bits per heavy atom. The topological polar surface area (TPSA) is 60.9 Å². The number of amides is 1. The fraction of sp³-hybridized carbons (Fsp3) is 0. The summed E-state index contributed by atoms with van der Waals surface area (Å²) >= 11 is 5.93. The maximum absolute atomic E-state index is 12.4. The Bertz CT molecular complexity index is 542. The molecule has 0 aliphatic heterocycles. The number of primary amides is 1. The molecule has 0 bridgehead atoms. The van der Waals surface area contributed by atoms with Crippen LogP contribution in [0.1, 0.15) is 10.4 Å². The normalized spacial score (nSPS) is 10.8. The minimum absolute atomic E-state index is 0.00726. The number of carbonyl (C=O) groups excluding carboxylic acids is 1. The lowest BCUT2D eigenvalue weighted by atomic mass is 10.2. The fourth-order valence-corrected chi connectivity index (χ4v) is 1.87. The first kappa shape index (κ1) is 10.3. The van der Waals surface area contributed by atoms with Crippen LogP contribution in [0.2, 0.25) is 5.02 Å². The van der Waals surface area contributed by atoms with Gasteiger partial charge in [-0.2, -0.15) is 0 Å². The van der Waals surface area contributed by atoms with Crippen LogP contribution < -0.4 is 5.73 Å². The van der Waals surface area contributed by atoms with Gasteiger partial charge in [0.15, 0.2) is 18.0 Å². The summed E-state index contributed by atoms with van der Waals surface area (Å²) in [6.45, 7) is 0. The number of aromatic nitrogens is 2. The summed E-state index contributed by atoms with van der Waals surface area (Å²) in [5.74, 6) is -0.657. The summed E-state index contributed by atoms with van der Waals surface area (Å²) in [6, 6.07) is 1.57. The van der Waals surface area contributed by atoms with Crippen molar-refractivity contribution in [2.75, 3.05) is 0 Å². The minimum Gasteiger partial charge on any atom is -0.366 e. The zero-order valence-corrected chi connectivity index (χ0v) is 8.85. The summed E-state index contributed by atoms with van der Waals surface area (Å²) in [4.78, 5) is 14.9. The Kier molecular flexibility index (Phi) is 2.54. The van der Waals surface area contributed by atoms with E-state index in [1.54, 1.807) is 6.07 Å². The highest BCUT2D eigenvalue weighted by molar-refractivity contribution is 7.92. The first-order chi connectivity index (χ1) is 7.15. The van der Waals surface area contributed by atoms with Gasteiger partial charge in [0.2, 0.25) is 0 Å². The van der Waals surface area contributed by atoms with Crippen LogP contribution in [0, 0.1) is 0 Å². The Morgan fingerprint density at radius 2 is 2.40 bits per heavy atom. The molecule has 7 heteroatoms. The van der Waals surface area contributed by atoms with Crippen molar-refractivity contribution >= 4 is 40.9 Å². The van der Waals surface area contributed by atoms with Crippen molar-refractivity contribution < 1.29 is 8.68 Å². The Morgan fingerprint density at radius 1 is 1.67 bits per heavy atom. The van der Waals surface area contributed by atoms with Crippen LogP contribution in [0.5, 0.6) is 0 Å². The van der Waals surface area contributed by atoms with E-state index in [-0.39, 0.29) is 22.9 Å². The monoisotopic (exact) mass is 245 g/mol. The van der Waals surface area contributed by atoms with Crippen LogP contribution >= 0.6 is 23.9 Å². The van der Waals surface area contributed by atoms with Gasteiger partial charge in [0.1, 0.15) is 0 Å². The predicted molar refractivity (Wildman–Crippen MR) is 57.4 cm³/mol. The lowest BCUT2D eigenvalue weighted by Crippen LogP contribution is -2.12. The molecule has 0 radical (unpaired) electrons. The highest BCUT2D eigenvalue weighted by Crippen LogP contribution is 2.28. The molecular weight excluding hydrogens is 241 g/mol. The highest BCUT2D eigenvalue weighted by Gasteiger charge is 2.13. The molecule has 2 N–H and O–H groups in total. The first-order valence-corrected chi connectivity index (χ1v) is 4.94. The predicted octanol–water partition coefficient (Wildman–Crippen LogP) is 2.17. The van der Waals surface area contributed by atoms with E-state index in [2.05, 4.69) is 4.98 Å². The SMILES string of the molecule is NC(=O)c1cnc2c(ccn2SF)c1Cl. The van der Waals surface area contributed by atoms with Gasteiger partial charge in [-0.3, -0.25) is 4.79 Å². The molecule has 0 aliphatic rings. The van der Waals surface area contributed by atoms with Crippen LogP contribution in [0.4, 0.5) is 3.89 Å². The molecule has 0 fully saturated rings. The molecule has 0 saturated heterocycles. The number of rotatable bonds is 2. The van der Waals surface area contributed by atoms with Crippen molar-refractivity contribution in [2.45, 2.75) is 0 Å². The molecule has 2 aromatic rings. The zero-order valence-electron chi connectivity index (χ0n) is 7.28. The molecule has 0 aliphatic carbocycles. The van der Waals surface area contributed by atoms with Crippen LogP contribution in [-0.4, -0.2) is 14.9 Å². The molecule has 2 heterocycles. The lowest BCUT2D eigenvalue weighted by molar-refractivity contribution is 0.100. The summed E-state index contributed by atoms with van der Waals surface area (Å²) in [5, 5.41) is 0.693. The number of halogens is 2. The summed E-state index contributed by atoms with van der Waals surface area (Å²) in [5.41, 5.74) is 5.58. The van der Waals surface area contributed by atoms with E-state index in [0.29, 0.717) is 11.0 Å². The molecule has 0 saturated carbocycles. The number of hydrogen-bond acceptors (Lipinski definition) is 3. The fourth-order valence-electron chi connectivity index (χ4n) is 1.26. The number of nitrogens with zero attached hydrogens (tertiary/aromatic N) is 2. The quantitative estimate of drug-likeness (QED) is 0.882. The summed E-state index contributed by atoms with van der Waals surface area (Å²) < 4.78 is 13.6. The third-order valence-corrected chi connectivity index (χ3v) is 2.81. The molecule has 0 atom stereocenters. The van der Waals surface area contributed by atoms with E-state index in [1.165, 1.54) is 16.4 Å². The van der Waals surface area contributed by atoms with Crippen molar-refractivity contribution in [1.82, 2.24) is 8.96 Å². The van der Waals surface area contributed by atoms with Crippen LogP contribution in [0.25, 0.3) is 11.0 Å². The molecule has 2 rings (SSSR count). The third kappa shape index (κ3) is 1.55. The molecular formula is C8H5ClFN3OS. The van der Waals surface area contributed by atoms with Gasteiger partial charge in [0, 0.05) is 17.8 Å². The number of fused-ring (bicyclic) bond motifs is 1. The third-order valence-electron chi connectivity index (χ3n) is 1.95. The van der Waals surface area contributed by atoms with E-state index < -0.39 is 5.91 Å². The first-order valence-electron chi connectivity index (χ1n) is 3.89. The van der Waals surface area contributed by atoms with E-state index in [4.69, 9.17) is 17.3 Å². The molecule has 1 amide bonds. The van der Waals surface area contributed by atoms with Gasteiger partial charge in [-0.05, 0) is 6.07 Å². The van der Waals surface area contributed by atoms with Crippen molar-refractivity contribution in [1.29, 1.82) is 0 Å². The molecule has 15 heavy (non-hydrogen) atoms. The zero-order chi connectivity index (χ0) is 11.0. The van der Waals surface area contributed by atoms with Gasteiger partial charge < -0.3 is 5.73 Å². The molecule has 0 unspecified atom stereocenters. The average Bonchev–Trinajstić information content (AvgIpc) is 2.61. The number of carbonyl (C=O) groups is 1. The van der Waals surface area contributed by atoms with Crippen LogP contribution in [-0.2, 0) is 0 Å². The smallest absolute Gasteiger partial charge is 0.251 e. The maximum atomic E-state index is 12.4. The number of nitrogens with two attached hydrogens (primary N) is 1. The van der Waals surface area contributed by atoms with Gasteiger partial charge in [0.05, 0.1) is 10.6 Å². The van der Waals surface area contributed by atoms with Crippen molar-refractivity contribution in [3.05, 3.63) is 29.0 Å². The van der Waals surface area contributed by atoms with Gasteiger partial charge >= 0.3 is 0 Å². The number of hydrogen-bond donors (Lipinski definition) is 1. The minimum atomic E-state index is -0.657. The Hall–Kier alpha value is -1.27. The van der Waals surface area contributed by atoms with Gasteiger partial charge in [-0.25, -0.2) is 8.96 Å². The highest BCUT2D eigenvalue weighted by atomic mass is 35.5. The molecule has 0 spiro atoms. The summed E-state index contributed by atoms with van der Waals surface area (Å²) in [7, 11) is 0. The summed E-state index contributed by atoms with van der Waals surface area (Å²) in [6.07, 6.45) is 2.71. The lowest BCUT2D eigenvalue weighted by Gasteiger charge is -2.01. The molecule has 78 valence electrons. The maximum Gasteiger partial charge on any atom is 0.251 e. The second-order valence-corrected chi connectivity index (χ2v) is 3.71. The van der Waals surface area contributed by atoms with Crippen molar-refractivity contribution in [3.63, 3.8) is 0 Å². The van der Waals surface area contributed by atoms with Gasteiger partial charge in [0.25, 0.3) is 5.91 Å². The standard InChI is InChI=1S/C8H5ClFN3OS/c9-6-4-1-2-13(15-10)8(4)12-3-5(6)7(11)14/h1-3H,(H2,11,14). The van der Waals surface area contributed by atoms with Gasteiger partial charge in [-0.15, -0.1) is 3.89 Å². The Balaban J connectivity index is 2.75. The van der Waals surface area contributed by atoms with E-state index in [1.807, 2.05) is 0 Å². The van der Waals surface area contributed by atoms with Crippen molar-refractivity contribution in [2.24, 2.45) is 5.73 Å². The average molecular weight is 246 g/mol. The number of pyridine rings is 1. The largest absolute Gasteiger partial charge is 0.366 e.